The Morgan fingerprint density at radius 2 is 1.85 bits per heavy atom. The van der Waals surface area contributed by atoms with Gasteiger partial charge in [0.15, 0.2) is 0 Å². The molecule has 0 aromatic heterocycles. The van der Waals surface area contributed by atoms with Crippen molar-refractivity contribution in [3.05, 3.63) is 75.4 Å². The van der Waals surface area contributed by atoms with E-state index in [4.69, 9.17) is 0 Å². The molecule has 174 valence electrons. The van der Waals surface area contributed by atoms with Gasteiger partial charge in [0.2, 0.25) is 5.91 Å². The molecule has 0 bridgehead atoms. The number of urea groups is 1. The zero-order valence-corrected chi connectivity index (χ0v) is 19.1. The lowest BCUT2D eigenvalue weighted by Crippen LogP contribution is -2.44. The summed E-state index contributed by atoms with van der Waals surface area (Å²) < 4.78 is 0. The van der Waals surface area contributed by atoms with E-state index in [2.05, 4.69) is 34.9 Å². The molecular formula is C24H29N5O4. The predicted octanol–water partition coefficient (Wildman–Crippen LogP) is 4.41. The van der Waals surface area contributed by atoms with Crippen molar-refractivity contribution in [2.45, 2.75) is 39.5 Å². The van der Waals surface area contributed by atoms with Crippen LogP contribution >= 0.6 is 0 Å². The monoisotopic (exact) mass is 451 g/mol. The number of nitrogens with zero attached hydrogens (tertiary/aromatic N) is 2. The average molecular weight is 452 g/mol. The van der Waals surface area contributed by atoms with E-state index < -0.39 is 11.0 Å². The molecule has 0 fully saturated rings. The molecule has 1 aliphatic rings. The number of nitro benzene ring substituents is 1. The van der Waals surface area contributed by atoms with Crippen molar-refractivity contribution in [1.82, 2.24) is 10.9 Å². The molecule has 0 aliphatic carbocycles. The van der Waals surface area contributed by atoms with Crippen LogP contribution in [-0.2, 0) is 4.79 Å². The third kappa shape index (κ3) is 6.31. The van der Waals surface area contributed by atoms with Gasteiger partial charge in [0, 0.05) is 43.0 Å². The minimum Gasteiger partial charge on any atom is -0.367 e. The molecular weight excluding hydrogens is 422 g/mol. The summed E-state index contributed by atoms with van der Waals surface area (Å²) in [5.41, 5.74) is 9.55. The van der Waals surface area contributed by atoms with E-state index in [1.807, 2.05) is 31.2 Å². The number of hydrazine groups is 1. The summed E-state index contributed by atoms with van der Waals surface area (Å²) >= 11 is 0. The SMILES string of the molecule is Cc1cccc(C(C)C)c1NC(=O)NNC(=O)CC1=CCN(c2ccc([N+](=O)[O-])cc2)CC1. The molecule has 1 heterocycles. The molecule has 0 saturated carbocycles. The van der Waals surface area contributed by atoms with Gasteiger partial charge in [-0.1, -0.05) is 43.7 Å². The summed E-state index contributed by atoms with van der Waals surface area (Å²) in [5.74, 6) is -0.0485. The highest BCUT2D eigenvalue weighted by atomic mass is 16.6. The van der Waals surface area contributed by atoms with E-state index in [-0.39, 0.29) is 23.9 Å². The fourth-order valence-corrected chi connectivity index (χ4v) is 3.76. The normalized spacial score (nSPS) is 13.3. The van der Waals surface area contributed by atoms with Gasteiger partial charge in [-0.3, -0.25) is 20.3 Å². The number of aryl methyl sites for hydroxylation is 1. The molecule has 3 N–H and O–H groups in total. The quantitative estimate of drug-likeness (QED) is 0.342. The number of non-ortho nitro benzene ring substituents is 1. The number of carbonyl (C=O) groups is 2. The number of benzene rings is 2. The van der Waals surface area contributed by atoms with Crippen LogP contribution in [0, 0.1) is 17.0 Å². The van der Waals surface area contributed by atoms with Gasteiger partial charge in [0.1, 0.15) is 0 Å². The van der Waals surface area contributed by atoms with E-state index >= 15 is 0 Å². The van der Waals surface area contributed by atoms with Crippen molar-refractivity contribution in [1.29, 1.82) is 0 Å². The molecule has 9 heteroatoms. The molecule has 3 amide bonds. The Bertz CT molecular complexity index is 1060. The number of hydrogen-bond donors (Lipinski definition) is 3. The Kier molecular flexibility index (Phi) is 7.66. The number of hydrogen-bond acceptors (Lipinski definition) is 5. The Morgan fingerprint density at radius 1 is 1.12 bits per heavy atom. The zero-order chi connectivity index (χ0) is 24.0. The Balaban J connectivity index is 1.48. The molecule has 2 aromatic carbocycles. The van der Waals surface area contributed by atoms with E-state index in [9.17, 15) is 19.7 Å². The lowest BCUT2D eigenvalue weighted by atomic mass is 9.98. The van der Waals surface area contributed by atoms with Crippen LogP contribution < -0.4 is 21.1 Å². The average Bonchev–Trinajstić information content (AvgIpc) is 2.79. The Labute approximate surface area is 193 Å². The maximum Gasteiger partial charge on any atom is 0.337 e. The number of para-hydroxylation sites is 1. The van der Waals surface area contributed by atoms with Gasteiger partial charge < -0.3 is 10.2 Å². The molecule has 3 rings (SSSR count). The van der Waals surface area contributed by atoms with Crippen molar-refractivity contribution >= 4 is 29.0 Å². The van der Waals surface area contributed by atoms with Gasteiger partial charge in [-0.05, 0) is 42.5 Å². The lowest BCUT2D eigenvalue weighted by Gasteiger charge is -2.28. The number of carbonyl (C=O) groups excluding carboxylic acids is 2. The first-order valence-corrected chi connectivity index (χ1v) is 10.9. The molecule has 0 radical (unpaired) electrons. The Hall–Kier alpha value is -3.88. The maximum absolute atomic E-state index is 12.3. The van der Waals surface area contributed by atoms with Crippen molar-refractivity contribution in [2.75, 3.05) is 23.3 Å². The third-order valence-electron chi connectivity index (χ3n) is 5.60. The molecule has 1 aliphatic heterocycles. The highest BCUT2D eigenvalue weighted by Gasteiger charge is 2.17. The summed E-state index contributed by atoms with van der Waals surface area (Å²) in [6.07, 6.45) is 2.86. The maximum atomic E-state index is 12.3. The van der Waals surface area contributed by atoms with Crippen LogP contribution in [0.25, 0.3) is 0 Å². The van der Waals surface area contributed by atoms with Crippen molar-refractivity contribution in [3.8, 4) is 0 Å². The number of rotatable bonds is 6. The summed E-state index contributed by atoms with van der Waals surface area (Å²) in [4.78, 5) is 37.1. The fraction of sp³-hybridized carbons (Fsp3) is 0.333. The first-order chi connectivity index (χ1) is 15.7. The highest BCUT2D eigenvalue weighted by molar-refractivity contribution is 5.92. The summed E-state index contributed by atoms with van der Waals surface area (Å²) in [6, 6.07) is 11.8. The molecule has 0 spiro atoms. The molecule has 0 saturated heterocycles. The number of nitro groups is 1. The van der Waals surface area contributed by atoms with Gasteiger partial charge >= 0.3 is 6.03 Å². The third-order valence-corrected chi connectivity index (χ3v) is 5.60. The minimum atomic E-state index is -0.499. The first-order valence-electron chi connectivity index (χ1n) is 10.9. The molecule has 33 heavy (non-hydrogen) atoms. The number of nitrogens with one attached hydrogen (secondary N) is 3. The molecule has 9 nitrogen and oxygen atoms in total. The minimum absolute atomic E-state index is 0.0584. The fourth-order valence-electron chi connectivity index (χ4n) is 3.76. The largest absolute Gasteiger partial charge is 0.367 e. The van der Waals surface area contributed by atoms with Gasteiger partial charge in [0.05, 0.1) is 4.92 Å². The predicted molar refractivity (Wildman–Crippen MR) is 128 cm³/mol. The van der Waals surface area contributed by atoms with Crippen LogP contribution in [0.1, 0.15) is 43.7 Å². The van der Waals surface area contributed by atoms with Gasteiger partial charge in [-0.2, -0.15) is 0 Å². The zero-order valence-electron chi connectivity index (χ0n) is 19.1. The van der Waals surface area contributed by atoms with Crippen LogP contribution in [0.4, 0.5) is 21.9 Å². The topological polar surface area (TPSA) is 117 Å². The van der Waals surface area contributed by atoms with E-state index in [1.165, 1.54) is 12.1 Å². The van der Waals surface area contributed by atoms with Gasteiger partial charge in [-0.15, -0.1) is 0 Å². The molecule has 0 atom stereocenters. The molecule has 0 unspecified atom stereocenters. The number of anilines is 2. The smallest absolute Gasteiger partial charge is 0.337 e. The highest BCUT2D eigenvalue weighted by Crippen LogP contribution is 2.27. The van der Waals surface area contributed by atoms with Crippen LogP contribution in [-0.4, -0.2) is 30.0 Å². The van der Waals surface area contributed by atoms with Crippen molar-refractivity contribution in [3.63, 3.8) is 0 Å². The van der Waals surface area contributed by atoms with Crippen LogP contribution in [0.3, 0.4) is 0 Å². The lowest BCUT2D eigenvalue weighted by molar-refractivity contribution is -0.384. The van der Waals surface area contributed by atoms with Gasteiger partial charge in [0.25, 0.3) is 5.69 Å². The Morgan fingerprint density at radius 3 is 2.45 bits per heavy atom. The second kappa shape index (κ2) is 10.6. The van der Waals surface area contributed by atoms with Crippen molar-refractivity contribution < 1.29 is 14.5 Å². The number of amides is 3. The summed E-state index contributed by atoms with van der Waals surface area (Å²) in [5, 5.41) is 13.6. The van der Waals surface area contributed by atoms with Crippen LogP contribution in [0.5, 0.6) is 0 Å². The van der Waals surface area contributed by atoms with Crippen LogP contribution in [0.15, 0.2) is 54.1 Å². The summed E-state index contributed by atoms with van der Waals surface area (Å²) in [6.45, 7) is 7.35. The second-order valence-electron chi connectivity index (χ2n) is 8.33. The van der Waals surface area contributed by atoms with Crippen molar-refractivity contribution in [2.24, 2.45) is 0 Å². The van der Waals surface area contributed by atoms with E-state index in [0.29, 0.717) is 19.5 Å². The van der Waals surface area contributed by atoms with Crippen LogP contribution in [0.2, 0.25) is 0 Å². The summed E-state index contributed by atoms with van der Waals surface area (Å²) in [7, 11) is 0. The van der Waals surface area contributed by atoms with Gasteiger partial charge in [-0.25, -0.2) is 10.2 Å². The van der Waals surface area contributed by atoms with E-state index in [0.717, 1.165) is 28.1 Å². The standard InChI is InChI=1S/C24H29N5O4/c1-16(2)21-6-4-5-17(3)23(21)25-24(31)27-26-22(30)15-18-11-13-28(14-12-18)19-7-9-20(10-8-19)29(32)33/h4-11,16H,12-15H2,1-3H3,(H,26,30)(H2,25,27,31). The second-order valence-corrected chi connectivity index (χ2v) is 8.33. The first kappa shape index (κ1) is 23.8. The molecule has 2 aromatic rings. The van der Waals surface area contributed by atoms with E-state index in [1.54, 1.807) is 12.1 Å².